The minimum absolute atomic E-state index is 0.0795. The van der Waals surface area contributed by atoms with Crippen LogP contribution in [0.15, 0.2) is 47.1 Å². The maximum absolute atomic E-state index is 13.8. The van der Waals surface area contributed by atoms with E-state index in [9.17, 15) is 44.3 Å². The molecule has 0 radical (unpaired) electrons. The summed E-state index contributed by atoms with van der Waals surface area (Å²) in [4.78, 5) is 13.2. The summed E-state index contributed by atoms with van der Waals surface area (Å²) in [5, 5.41) is -2.10. The minimum Gasteiger partial charge on any atom is -0.281 e. The molecule has 2 aromatic rings. The molecule has 2 N–H and O–H groups in total. The van der Waals surface area contributed by atoms with Gasteiger partial charge in [0, 0.05) is 11.3 Å². The van der Waals surface area contributed by atoms with Crippen LogP contribution < -0.4 is 10.7 Å². The number of nitrogens with two attached hydrogens (primary N) is 1. The molecule has 35 heavy (non-hydrogen) atoms. The van der Waals surface area contributed by atoms with Crippen molar-refractivity contribution >= 4 is 46.4 Å². The van der Waals surface area contributed by atoms with Crippen molar-refractivity contribution in [3.8, 4) is 0 Å². The molecule has 3 rings (SSSR count). The number of hydrogen-bond donors (Lipinski definition) is 1. The summed E-state index contributed by atoms with van der Waals surface area (Å²) in [5.41, 5.74) is -7.30. The zero-order valence-electron chi connectivity index (χ0n) is 16.5. The summed E-state index contributed by atoms with van der Waals surface area (Å²) >= 11 is 17.3. The van der Waals surface area contributed by atoms with Crippen molar-refractivity contribution in [3.63, 3.8) is 0 Å². The van der Waals surface area contributed by atoms with Crippen molar-refractivity contribution in [2.75, 3.05) is 4.90 Å². The molecule has 1 heterocycles. The minimum atomic E-state index is -5.49. The van der Waals surface area contributed by atoms with E-state index in [1.807, 2.05) is 0 Å². The number of hydrogen-bond acceptors (Lipinski definition) is 3. The van der Waals surface area contributed by atoms with Crippen LogP contribution in [0.1, 0.15) is 22.9 Å². The summed E-state index contributed by atoms with van der Waals surface area (Å²) in [6.07, 6.45) is -18.6. The van der Waals surface area contributed by atoms with E-state index in [1.165, 1.54) is 0 Å². The molecule has 190 valence electrons. The first-order valence-electron chi connectivity index (χ1n) is 8.93. The molecule has 16 heteroatoms. The van der Waals surface area contributed by atoms with Crippen LogP contribution in [-0.2, 0) is 17.1 Å². The zero-order valence-corrected chi connectivity index (χ0v) is 18.7. The van der Waals surface area contributed by atoms with Gasteiger partial charge in [-0.25, -0.2) is 5.84 Å². The van der Waals surface area contributed by atoms with Crippen molar-refractivity contribution in [2.45, 2.75) is 24.7 Å². The van der Waals surface area contributed by atoms with Gasteiger partial charge in [0.15, 0.2) is 5.70 Å². The average Bonchev–Trinajstić information content (AvgIpc) is 2.70. The second kappa shape index (κ2) is 8.95. The highest BCUT2D eigenvalue weighted by atomic mass is 35.5. The number of hydrazine groups is 1. The third kappa shape index (κ3) is 5.13. The van der Waals surface area contributed by atoms with Crippen LogP contribution in [0.5, 0.6) is 0 Å². The zero-order chi connectivity index (χ0) is 26.7. The van der Waals surface area contributed by atoms with E-state index in [0.717, 1.165) is 18.2 Å². The first kappa shape index (κ1) is 27.2. The summed E-state index contributed by atoms with van der Waals surface area (Å²) in [6, 6.07) is 3.23. The fourth-order valence-corrected chi connectivity index (χ4v) is 3.92. The van der Waals surface area contributed by atoms with Gasteiger partial charge in [-0.05, 0) is 30.3 Å². The Morgan fingerprint density at radius 1 is 0.771 bits per heavy atom. The van der Waals surface area contributed by atoms with E-state index in [1.54, 1.807) is 0 Å². The number of amides is 1. The predicted octanol–water partition coefficient (Wildman–Crippen LogP) is 7.26. The van der Waals surface area contributed by atoms with Gasteiger partial charge in [0.05, 0.1) is 21.2 Å². The fraction of sp³-hybridized carbons (Fsp3) is 0.211. The SMILES string of the molecule is NN1C(C(F)(F)F)=C(Cl)C(=O)N(c2ccc(Cl)c(Cl)c2)C1c1ccc(C(F)(F)F)cc1C(F)(F)F. The molecule has 1 atom stereocenters. The lowest BCUT2D eigenvalue weighted by molar-refractivity contribution is -0.144. The molecule has 4 nitrogen and oxygen atoms in total. The van der Waals surface area contributed by atoms with Crippen LogP contribution in [0.2, 0.25) is 10.0 Å². The molecule has 1 unspecified atom stereocenters. The van der Waals surface area contributed by atoms with Crippen molar-refractivity contribution in [1.29, 1.82) is 0 Å². The third-order valence-electron chi connectivity index (χ3n) is 4.79. The number of carbonyl (C=O) groups excluding carboxylic acids is 1. The van der Waals surface area contributed by atoms with E-state index < -0.39 is 63.7 Å². The summed E-state index contributed by atoms with van der Waals surface area (Å²) in [6.45, 7) is 0. The Labute approximate surface area is 205 Å². The van der Waals surface area contributed by atoms with E-state index in [4.69, 9.17) is 40.6 Å². The lowest BCUT2D eigenvalue weighted by Gasteiger charge is -2.44. The maximum Gasteiger partial charge on any atom is 0.434 e. The number of benzene rings is 2. The Morgan fingerprint density at radius 3 is 1.86 bits per heavy atom. The highest BCUT2D eigenvalue weighted by Crippen LogP contribution is 2.47. The maximum atomic E-state index is 13.8. The molecule has 0 aromatic heterocycles. The first-order chi connectivity index (χ1) is 15.9. The topological polar surface area (TPSA) is 49.6 Å². The molecule has 0 bridgehead atoms. The van der Waals surface area contributed by atoms with Gasteiger partial charge in [-0.1, -0.05) is 40.9 Å². The van der Waals surface area contributed by atoms with Crippen LogP contribution in [0, 0.1) is 0 Å². The highest BCUT2D eigenvalue weighted by Gasteiger charge is 2.52. The van der Waals surface area contributed by atoms with E-state index in [-0.39, 0.29) is 33.3 Å². The molecule has 1 aliphatic heterocycles. The van der Waals surface area contributed by atoms with Gasteiger partial charge in [0.25, 0.3) is 5.91 Å². The van der Waals surface area contributed by atoms with Gasteiger partial charge >= 0.3 is 18.5 Å². The number of carbonyl (C=O) groups is 1. The normalized spacial score (nSPS) is 18.0. The molecular weight excluding hydrogens is 564 g/mol. The summed E-state index contributed by atoms with van der Waals surface area (Å²) in [7, 11) is 0. The molecule has 0 spiro atoms. The summed E-state index contributed by atoms with van der Waals surface area (Å²) in [5.74, 6) is 3.91. The number of allylic oxidation sites excluding steroid dienone is 1. The third-order valence-corrected chi connectivity index (χ3v) is 5.87. The molecule has 0 fully saturated rings. The number of halogens is 12. The van der Waals surface area contributed by atoms with E-state index in [2.05, 4.69) is 0 Å². The molecule has 1 amide bonds. The smallest absolute Gasteiger partial charge is 0.281 e. The largest absolute Gasteiger partial charge is 0.434 e. The predicted molar refractivity (Wildman–Crippen MR) is 108 cm³/mol. The van der Waals surface area contributed by atoms with Crippen LogP contribution in [0.4, 0.5) is 45.2 Å². The molecule has 0 saturated carbocycles. The molecule has 0 aliphatic carbocycles. The average molecular weight is 573 g/mol. The monoisotopic (exact) mass is 571 g/mol. The van der Waals surface area contributed by atoms with Crippen LogP contribution >= 0.6 is 34.8 Å². The second-order valence-corrected chi connectivity index (χ2v) is 8.20. The first-order valence-corrected chi connectivity index (χ1v) is 10.1. The quantitative estimate of drug-likeness (QED) is 0.304. The van der Waals surface area contributed by atoms with E-state index >= 15 is 0 Å². The van der Waals surface area contributed by atoms with Crippen molar-refractivity contribution in [1.82, 2.24) is 5.01 Å². The Morgan fingerprint density at radius 2 is 1.37 bits per heavy atom. The number of alkyl halides is 9. The molecular formula is C19H9Cl3F9N3O. The van der Waals surface area contributed by atoms with Crippen molar-refractivity contribution in [2.24, 2.45) is 5.84 Å². The van der Waals surface area contributed by atoms with Gasteiger partial charge in [-0.15, -0.1) is 0 Å². The number of rotatable bonds is 2. The van der Waals surface area contributed by atoms with Crippen LogP contribution in [-0.4, -0.2) is 17.1 Å². The lowest BCUT2D eigenvalue weighted by Crippen LogP contribution is -2.55. The van der Waals surface area contributed by atoms with Gasteiger partial charge in [0.2, 0.25) is 0 Å². The van der Waals surface area contributed by atoms with E-state index in [0.29, 0.717) is 4.90 Å². The summed E-state index contributed by atoms with van der Waals surface area (Å²) < 4.78 is 122. The van der Waals surface area contributed by atoms with Gasteiger partial charge in [-0.2, -0.15) is 39.5 Å². The Bertz CT molecular complexity index is 1210. The van der Waals surface area contributed by atoms with Crippen LogP contribution in [0.3, 0.4) is 0 Å². The fourth-order valence-electron chi connectivity index (χ4n) is 3.33. The number of nitrogens with zero attached hydrogens (tertiary/aromatic N) is 2. The number of anilines is 1. The second-order valence-electron chi connectivity index (χ2n) is 7.01. The molecule has 2 aromatic carbocycles. The highest BCUT2D eigenvalue weighted by molar-refractivity contribution is 6.45. The Kier molecular flexibility index (Phi) is 6.96. The van der Waals surface area contributed by atoms with Gasteiger partial charge in [-0.3, -0.25) is 14.7 Å². The van der Waals surface area contributed by atoms with Crippen LogP contribution in [0.25, 0.3) is 0 Å². The lowest BCUT2D eigenvalue weighted by atomic mass is 9.97. The Hall–Kier alpha value is -2.35. The standard InChI is InChI=1S/C19H9Cl3F9N3O/c20-11-4-2-8(6-12(11)21)33-15(34(32)14(19(29,30)31)13(22)16(33)35)9-3-1-7(17(23,24)25)5-10(9)18(26,27)28/h1-6,15H,32H2. The molecule has 1 aliphatic rings. The Balaban J connectivity index is 2.38. The molecule has 0 saturated heterocycles. The van der Waals surface area contributed by atoms with Crippen molar-refractivity contribution in [3.05, 3.63) is 73.9 Å². The van der Waals surface area contributed by atoms with Crippen molar-refractivity contribution < 1.29 is 44.3 Å². The van der Waals surface area contributed by atoms with Gasteiger partial charge < -0.3 is 0 Å². The van der Waals surface area contributed by atoms with Gasteiger partial charge in [0.1, 0.15) is 11.2 Å².